The van der Waals surface area contributed by atoms with Gasteiger partial charge in [0.1, 0.15) is 0 Å². The van der Waals surface area contributed by atoms with Crippen molar-refractivity contribution in [2.24, 2.45) is 0 Å². The smallest absolute Gasteiger partial charge is 0.171 e. The fraction of sp³-hybridized carbons (Fsp3) is 0.188. The summed E-state index contributed by atoms with van der Waals surface area (Å²) < 4.78 is 1.08. The molecule has 0 fully saturated rings. The molecule has 21 heavy (non-hydrogen) atoms. The van der Waals surface area contributed by atoms with Gasteiger partial charge in [0, 0.05) is 15.4 Å². The molecule has 1 unspecified atom stereocenters. The van der Waals surface area contributed by atoms with Crippen molar-refractivity contribution in [2.75, 3.05) is 7.05 Å². The molecule has 3 aromatic rings. The van der Waals surface area contributed by atoms with Gasteiger partial charge in [-0.2, -0.15) is 0 Å². The van der Waals surface area contributed by atoms with E-state index in [1.54, 1.807) is 11.8 Å². The van der Waals surface area contributed by atoms with Gasteiger partial charge >= 0.3 is 0 Å². The maximum absolute atomic E-state index is 4.64. The van der Waals surface area contributed by atoms with Crippen LogP contribution in [0.4, 0.5) is 0 Å². The molecular weight excluding hydrogens is 346 g/mol. The van der Waals surface area contributed by atoms with Crippen molar-refractivity contribution in [1.29, 1.82) is 0 Å². The predicted octanol–water partition coefficient (Wildman–Crippen LogP) is 4.76. The Morgan fingerprint density at radius 1 is 1.24 bits per heavy atom. The molecule has 5 heteroatoms. The zero-order valence-electron chi connectivity index (χ0n) is 11.9. The topological polar surface area (TPSA) is 40.7 Å². The molecule has 2 N–H and O–H groups in total. The van der Waals surface area contributed by atoms with Crippen LogP contribution in [0.25, 0.3) is 11.0 Å². The van der Waals surface area contributed by atoms with E-state index in [4.69, 9.17) is 0 Å². The SMILES string of the molecule is CNC(C)c1ccc(Br)cc1Sc1nc2ccccc2[nH]1. The number of para-hydroxylation sites is 2. The highest BCUT2D eigenvalue weighted by molar-refractivity contribution is 9.10. The lowest BCUT2D eigenvalue weighted by Gasteiger charge is -2.15. The molecule has 0 aliphatic carbocycles. The fourth-order valence-corrected chi connectivity index (χ4v) is 3.77. The Bertz CT molecular complexity index is 736. The average Bonchev–Trinajstić information content (AvgIpc) is 2.89. The van der Waals surface area contributed by atoms with Crippen molar-refractivity contribution >= 4 is 38.7 Å². The molecule has 3 rings (SSSR count). The van der Waals surface area contributed by atoms with Crippen molar-refractivity contribution in [3.63, 3.8) is 0 Å². The lowest BCUT2D eigenvalue weighted by atomic mass is 10.1. The number of hydrogen-bond acceptors (Lipinski definition) is 3. The number of nitrogens with zero attached hydrogens (tertiary/aromatic N) is 1. The van der Waals surface area contributed by atoms with E-state index >= 15 is 0 Å². The van der Waals surface area contributed by atoms with Gasteiger partial charge < -0.3 is 10.3 Å². The summed E-state index contributed by atoms with van der Waals surface area (Å²) >= 11 is 5.21. The number of nitrogens with one attached hydrogen (secondary N) is 2. The molecule has 2 aromatic carbocycles. The van der Waals surface area contributed by atoms with Crippen LogP contribution >= 0.6 is 27.7 Å². The Hall–Kier alpha value is -1.30. The number of rotatable bonds is 4. The second kappa shape index (κ2) is 6.22. The van der Waals surface area contributed by atoms with Gasteiger partial charge in [-0.05, 0) is 43.8 Å². The minimum atomic E-state index is 0.296. The van der Waals surface area contributed by atoms with E-state index in [1.807, 2.05) is 31.3 Å². The Morgan fingerprint density at radius 3 is 2.81 bits per heavy atom. The summed E-state index contributed by atoms with van der Waals surface area (Å²) in [6.07, 6.45) is 0. The minimum absolute atomic E-state index is 0.296. The molecular formula is C16H16BrN3S. The number of halogens is 1. The van der Waals surface area contributed by atoms with E-state index in [0.29, 0.717) is 6.04 Å². The zero-order valence-corrected chi connectivity index (χ0v) is 14.3. The Labute approximate surface area is 136 Å². The number of H-pyrrole nitrogens is 1. The van der Waals surface area contributed by atoms with Crippen LogP contribution in [0.5, 0.6) is 0 Å². The van der Waals surface area contributed by atoms with Crippen molar-refractivity contribution in [1.82, 2.24) is 15.3 Å². The first-order chi connectivity index (χ1) is 10.2. The quantitative estimate of drug-likeness (QED) is 0.703. The van der Waals surface area contributed by atoms with Crippen LogP contribution in [0.3, 0.4) is 0 Å². The number of hydrogen-bond donors (Lipinski definition) is 2. The number of benzene rings is 2. The lowest BCUT2D eigenvalue weighted by Crippen LogP contribution is -2.13. The van der Waals surface area contributed by atoms with Crippen LogP contribution in [-0.2, 0) is 0 Å². The van der Waals surface area contributed by atoms with E-state index in [1.165, 1.54) is 10.5 Å². The third-order valence-corrected chi connectivity index (χ3v) is 4.90. The van der Waals surface area contributed by atoms with Gasteiger partial charge in [0.05, 0.1) is 11.0 Å². The van der Waals surface area contributed by atoms with E-state index in [2.05, 4.69) is 56.3 Å². The number of aromatic amines is 1. The van der Waals surface area contributed by atoms with Crippen LogP contribution in [0.1, 0.15) is 18.5 Å². The van der Waals surface area contributed by atoms with Crippen molar-refractivity contribution in [3.05, 3.63) is 52.5 Å². The third kappa shape index (κ3) is 3.15. The maximum atomic E-state index is 4.64. The lowest BCUT2D eigenvalue weighted by molar-refractivity contribution is 0.641. The average molecular weight is 362 g/mol. The predicted molar refractivity (Wildman–Crippen MR) is 91.8 cm³/mol. The molecule has 0 saturated carbocycles. The first-order valence-electron chi connectivity index (χ1n) is 6.76. The standard InChI is InChI=1S/C16H16BrN3S/c1-10(18-2)12-8-7-11(17)9-15(12)21-16-19-13-5-3-4-6-14(13)20-16/h3-10,18H,1-2H3,(H,19,20). The number of aromatic nitrogens is 2. The Kier molecular flexibility index (Phi) is 4.33. The molecule has 1 heterocycles. The fourth-order valence-electron chi connectivity index (χ4n) is 2.19. The molecule has 0 amide bonds. The monoisotopic (exact) mass is 361 g/mol. The highest BCUT2D eigenvalue weighted by Crippen LogP contribution is 2.34. The summed E-state index contributed by atoms with van der Waals surface area (Å²) in [6.45, 7) is 2.16. The van der Waals surface area contributed by atoms with Crippen LogP contribution in [0.15, 0.2) is 57.0 Å². The van der Waals surface area contributed by atoms with Crippen LogP contribution < -0.4 is 5.32 Å². The van der Waals surface area contributed by atoms with Crippen molar-refractivity contribution < 1.29 is 0 Å². The van der Waals surface area contributed by atoms with E-state index in [0.717, 1.165) is 20.7 Å². The molecule has 0 aliphatic rings. The van der Waals surface area contributed by atoms with Gasteiger partial charge in [0.25, 0.3) is 0 Å². The molecule has 0 spiro atoms. The van der Waals surface area contributed by atoms with Crippen molar-refractivity contribution in [3.8, 4) is 0 Å². The van der Waals surface area contributed by atoms with Crippen LogP contribution in [0, 0.1) is 0 Å². The molecule has 108 valence electrons. The largest absolute Gasteiger partial charge is 0.333 e. The zero-order chi connectivity index (χ0) is 14.8. The van der Waals surface area contributed by atoms with Gasteiger partial charge in [-0.15, -0.1) is 0 Å². The molecule has 0 bridgehead atoms. The Balaban J connectivity index is 1.98. The molecule has 0 saturated heterocycles. The first-order valence-corrected chi connectivity index (χ1v) is 8.37. The normalized spacial score (nSPS) is 12.7. The van der Waals surface area contributed by atoms with E-state index in [9.17, 15) is 0 Å². The van der Waals surface area contributed by atoms with Crippen molar-refractivity contribution in [2.45, 2.75) is 23.0 Å². The van der Waals surface area contributed by atoms with Gasteiger partial charge in [-0.1, -0.05) is 45.9 Å². The second-order valence-corrected chi connectivity index (χ2v) is 6.80. The molecule has 0 radical (unpaired) electrons. The van der Waals surface area contributed by atoms with E-state index in [-0.39, 0.29) is 0 Å². The highest BCUT2D eigenvalue weighted by Gasteiger charge is 2.12. The van der Waals surface area contributed by atoms with Gasteiger partial charge in [0.15, 0.2) is 5.16 Å². The number of fused-ring (bicyclic) bond motifs is 1. The van der Waals surface area contributed by atoms with Gasteiger partial charge in [-0.25, -0.2) is 4.98 Å². The highest BCUT2D eigenvalue weighted by atomic mass is 79.9. The van der Waals surface area contributed by atoms with Crippen LogP contribution in [0.2, 0.25) is 0 Å². The molecule has 3 nitrogen and oxygen atoms in total. The Morgan fingerprint density at radius 2 is 2.05 bits per heavy atom. The first kappa shape index (κ1) is 14.6. The maximum Gasteiger partial charge on any atom is 0.171 e. The second-order valence-electron chi connectivity index (χ2n) is 4.85. The molecule has 1 aromatic heterocycles. The minimum Gasteiger partial charge on any atom is -0.333 e. The summed E-state index contributed by atoms with van der Waals surface area (Å²) in [4.78, 5) is 9.20. The van der Waals surface area contributed by atoms with E-state index < -0.39 is 0 Å². The third-order valence-electron chi connectivity index (χ3n) is 3.45. The van der Waals surface area contributed by atoms with Gasteiger partial charge in [0.2, 0.25) is 0 Å². The van der Waals surface area contributed by atoms with Crippen LogP contribution in [-0.4, -0.2) is 17.0 Å². The summed E-state index contributed by atoms with van der Waals surface area (Å²) in [6, 6.07) is 14.7. The summed E-state index contributed by atoms with van der Waals surface area (Å²) in [5.74, 6) is 0. The summed E-state index contributed by atoms with van der Waals surface area (Å²) in [5, 5.41) is 4.21. The molecule has 1 atom stereocenters. The summed E-state index contributed by atoms with van der Waals surface area (Å²) in [5.41, 5.74) is 3.34. The molecule has 0 aliphatic heterocycles. The van der Waals surface area contributed by atoms with Gasteiger partial charge in [-0.3, -0.25) is 0 Å². The number of imidazole rings is 1. The summed E-state index contributed by atoms with van der Waals surface area (Å²) in [7, 11) is 1.97.